The van der Waals surface area contributed by atoms with Gasteiger partial charge in [-0.1, -0.05) is 0 Å². The lowest BCUT2D eigenvalue weighted by Gasteiger charge is -1.92. The molecule has 0 aromatic carbocycles. The second kappa shape index (κ2) is 0.753. The molecule has 3 heteroatoms. The molecule has 0 atom stereocenters. The van der Waals surface area contributed by atoms with Crippen LogP contribution in [0.15, 0.2) is 0 Å². The number of hydrogen-bond acceptors (Lipinski definition) is 2. The van der Waals surface area contributed by atoms with Gasteiger partial charge in [-0.05, 0) is 12.2 Å². The highest BCUT2D eigenvalue weighted by Crippen LogP contribution is 2.15. The summed E-state index contributed by atoms with van der Waals surface area (Å²) in [5.41, 5.74) is 1.94. The molecule has 0 spiro atoms. The van der Waals surface area contributed by atoms with E-state index in [9.17, 15) is 0 Å². The third kappa shape index (κ3) is 0.210. The zero-order chi connectivity index (χ0) is 4.69. The van der Waals surface area contributed by atoms with Crippen LogP contribution in [0.1, 0.15) is 11.4 Å². The third-order valence-electron chi connectivity index (χ3n) is 1.00. The topological polar surface area (TPSA) is 41.6 Å². The van der Waals surface area contributed by atoms with Crippen molar-refractivity contribution < 1.29 is 0 Å². The van der Waals surface area contributed by atoms with Crippen LogP contribution >= 0.6 is 0 Å². The summed E-state index contributed by atoms with van der Waals surface area (Å²) in [7, 11) is 0. The minimum atomic E-state index is 0.972. The smallest absolute Gasteiger partial charge is 0.113 e. The van der Waals surface area contributed by atoms with Crippen molar-refractivity contribution in [3.8, 4) is 0 Å². The van der Waals surface area contributed by atoms with Crippen LogP contribution in [-0.4, -0.2) is 15.4 Å². The lowest BCUT2D eigenvalue weighted by atomic mass is 10.2. The quantitative estimate of drug-likeness (QED) is 0.508. The molecule has 0 fully saturated rings. The van der Waals surface area contributed by atoms with Gasteiger partial charge in [-0.25, -0.2) is 0 Å². The largest absolute Gasteiger partial charge is 0.197 e. The number of H-pyrrole nitrogens is 1. The molecule has 1 aliphatic rings. The van der Waals surface area contributed by atoms with Gasteiger partial charge in [0.15, 0.2) is 0 Å². The molecule has 1 N–H and O–H groups in total. The fourth-order valence-corrected chi connectivity index (χ4v) is 0.554. The number of aromatic nitrogens is 3. The average Bonchev–Trinajstić information content (AvgIpc) is 1.85. The molecule has 0 unspecified atom stereocenters. The van der Waals surface area contributed by atoms with Gasteiger partial charge in [-0.2, -0.15) is 15.4 Å². The van der Waals surface area contributed by atoms with Gasteiger partial charge in [0.05, 0.1) is 0 Å². The van der Waals surface area contributed by atoms with E-state index in [0.717, 1.165) is 11.4 Å². The van der Waals surface area contributed by atoms with E-state index < -0.39 is 0 Å². The van der Waals surface area contributed by atoms with Crippen molar-refractivity contribution in [2.24, 2.45) is 0 Å². The molecule has 1 heterocycles. The molecular formula is C4H3N3. The van der Waals surface area contributed by atoms with Gasteiger partial charge in [-0.15, -0.1) is 0 Å². The molecular weight excluding hydrogens is 90.1 g/mol. The van der Waals surface area contributed by atoms with E-state index in [4.69, 9.17) is 0 Å². The molecule has 34 valence electrons. The Balaban J connectivity index is 2.79. The molecule has 7 heavy (non-hydrogen) atoms. The summed E-state index contributed by atoms with van der Waals surface area (Å²) in [5, 5.41) is 10.1. The van der Waals surface area contributed by atoms with E-state index in [1.165, 1.54) is 0 Å². The Morgan fingerprint density at radius 3 is 2.00 bits per heavy atom. The first kappa shape index (κ1) is 2.96. The standard InChI is InChI=1S/C4H3N3/c1-2-4-3(1)5-7-6-4/h1-2H,(H,5,6,7). The molecule has 0 saturated carbocycles. The van der Waals surface area contributed by atoms with Crippen LogP contribution in [0, 0.1) is 0 Å². The Labute approximate surface area is 40.1 Å². The summed E-state index contributed by atoms with van der Waals surface area (Å²) in [6.07, 6.45) is 3.83. The molecule has 1 aromatic rings. The van der Waals surface area contributed by atoms with Gasteiger partial charge in [0.1, 0.15) is 11.4 Å². The fraction of sp³-hybridized carbons (Fsp3) is 0. The molecule has 0 aliphatic heterocycles. The highest BCUT2D eigenvalue weighted by molar-refractivity contribution is 5.80. The van der Waals surface area contributed by atoms with Crippen molar-refractivity contribution in [3.05, 3.63) is 11.4 Å². The van der Waals surface area contributed by atoms with Crippen LogP contribution < -0.4 is 0 Å². The zero-order valence-electron chi connectivity index (χ0n) is 3.55. The lowest BCUT2D eigenvalue weighted by Crippen LogP contribution is -1.84. The second-order valence-corrected chi connectivity index (χ2v) is 1.43. The van der Waals surface area contributed by atoms with Gasteiger partial charge in [0.2, 0.25) is 0 Å². The Morgan fingerprint density at radius 2 is 1.71 bits per heavy atom. The normalized spacial score (nSPS) is 13.1. The van der Waals surface area contributed by atoms with Crippen molar-refractivity contribution in [3.63, 3.8) is 0 Å². The van der Waals surface area contributed by atoms with Crippen LogP contribution in [0.4, 0.5) is 0 Å². The maximum atomic E-state index is 3.78. The Hall–Kier alpha value is -1.12. The molecule has 1 aliphatic carbocycles. The summed E-state index contributed by atoms with van der Waals surface area (Å²) in [6, 6.07) is 0. The first-order valence-electron chi connectivity index (χ1n) is 2.06. The Morgan fingerprint density at radius 1 is 1.14 bits per heavy atom. The number of hydrogen-bond donors (Lipinski definition) is 1. The van der Waals surface area contributed by atoms with Crippen LogP contribution in [0.5, 0.6) is 0 Å². The van der Waals surface area contributed by atoms with Crippen molar-refractivity contribution in [1.82, 2.24) is 15.4 Å². The Kier molecular flexibility index (Phi) is 0.318. The van der Waals surface area contributed by atoms with Gasteiger partial charge in [-0.3, -0.25) is 0 Å². The average molecular weight is 93.1 g/mol. The van der Waals surface area contributed by atoms with Crippen molar-refractivity contribution in [2.75, 3.05) is 0 Å². The highest BCUT2D eigenvalue weighted by atomic mass is 15.3. The number of aromatic amines is 1. The Bertz CT molecular complexity index is 190. The monoisotopic (exact) mass is 93.0 g/mol. The SMILES string of the molecule is C1=Cc2n[nH]nc21. The highest BCUT2D eigenvalue weighted by Gasteiger charge is 2.06. The predicted octanol–water partition coefficient (Wildman–Crippen LogP) is 0.288. The van der Waals surface area contributed by atoms with Crippen molar-refractivity contribution in [1.29, 1.82) is 0 Å². The van der Waals surface area contributed by atoms with Crippen molar-refractivity contribution in [2.45, 2.75) is 0 Å². The molecule has 1 aromatic heterocycles. The van der Waals surface area contributed by atoms with Gasteiger partial charge in [0, 0.05) is 0 Å². The van der Waals surface area contributed by atoms with Gasteiger partial charge in [0.25, 0.3) is 0 Å². The summed E-state index contributed by atoms with van der Waals surface area (Å²) in [4.78, 5) is 0. The van der Waals surface area contributed by atoms with Gasteiger partial charge >= 0.3 is 0 Å². The number of fused-ring (bicyclic) bond motifs is 1. The van der Waals surface area contributed by atoms with Crippen molar-refractivity contribution >= 4 is 12.2 Å². The van der Waals surface area contributed by atoms with E-state index in [1.54, 1.807) is 0 Å². The van der Waals surface area contributed by atoms with E-state index in [1.807, 2.05) is 12.2 Å². The summed E-state index contributed by atoms with van der Waals surface area (Å²) in [5.74, 6) is 0. The number of rotatable bonds is 0. The van der Waals surface area contributed by atoms with Crippen LogP contribution in [0.2, 0.25) is 0 Å². The van der Waals surface area contributed by atoms with E-state index in [-0.39, 0.29) is 0 Å². The molecule has 2 rings (SSSR count). The van der Waals surface area contributed by atoms with E-state index in [2.05, 4.69) is 15.4 Å². The fourth-order valence-electron chi connectivity index (χ4n) is 0.554. The third-order valence-corrected chi connectivity index (χ3v) is 1.00. The molecule has 0 bridgehead atoms. The molecule has 0 radical (unpaired) electrons. The van der Waals surface area contributed by atoms with E-state index >= 15 is 0 Å². The first-order valence-corrected chi connectivity index (χ1v) is 2.06. The lowest BCUT2D eigenvalue weighted by molar-refractivity contribution is 0.937. The first-order chi connectivity index (χ1) is 3.47. The molecule has 0 amide bonds. The number of nitrogens with zero attached hydrogens (tertiary/aromatic N) is 2. The van der Waals surface area contributed by atoms with Crippen LogP contribution in [-0.2, 0) is 0 Å². The molecule has 3 nitrogen and oxygen atoms in total. The van der Waals surface area contributed by atoms with Crippen LogP contribution in [0.25, 0.3) is 12.2 Å². The predicted molar refractivity (Wildman–Crippen MR) is 25.3 cm³/mol. The van der Waals surface area contributed by atoms with E-state index in [0.29, 0.717) is 0 Å². The van der Waals surface area contributed by atoms with Crippen LogP contribution in [0.3, 0.4) is 0 Å². The molecule has 0 saturated heterocycles. The zero-order valence-corrected chi connectivity index (χ0v) is 3.55. The minimum absolute atomic E-state index is 0.972. The number of nitrogens with one attached hydrogen (secondary N) is 1. The maximum absolute atomic E-state index is 3.78. The summed E-state index contributed by atoms with van der Waals surface area (Å²) >= 11 is 0. The minimum Gasteiger partial charge on any atom is -0.197 e. The second-order valence-electron chi connectivity index (χ2n) is 1.43. The maximum Gasteiger partial charge on any atom is 0.113 e. The summed E-state index contributed by atoms with van der Waals surface area (Å²) < 4.78 is 0. The summed E-state index contributed by atoms with van der Waals surface area (Å²) in [6.45, 7) is 0. The van der Waals surface area contributed by atoms with Gasteiger partial charge < -0.3 is 0 Å².